The number of hydrogen-bond donors (Lipinski definition) is 2. The van der Waals surface area contributed by atoms with Crippen molar-refractivity contribution < 1.29 is 28.4 Å². The molecule has 0 spiro atoms. The summed E-state index contributed by atoms with van der Waals surface area (Å²) in [7, 11) is -3.23. The standard InChI is InChI=1S/C20H27N2O6P/c1-20(2,3)17(23)12-22-16-11-14(27-4)9-10-15(16)18(21-22)19(28-29(24,25)26)13-7-5-6-8-13/h9-11H,5-8,12H2,1-4H3,(H2,24,25,26). The molecule has 1 aliphatic carbocycles. The third kappa shape index (κ3) is 4.89. The average Bonchev–Trinajstić information content (AvgIpc) is 3.26. The van der Waals surface area contributed by atoms with E-state index in [4.69, 9.17) is 9.26 Å². The van der Waals surface area contributed by atoms with Gasteiger partial charge in [0.1, 0.15) is 18.0 Å². The Morgan fingerprint density at radius 1 is 1.24 bits per heavy atom. The van der Waals surface area contributed by atoms with Crippen LogP contribution in [0.2, 0.25) is 0 Å². The molecule has 158 valence electrons. The van der Waals surface area contributed by atoms with E-state index in [0.29, 0.717) is 35.2 Å². The molecule has 2 aromatic rings. The zero-order valence-electron chi connectivity index (χ0n) is 17.1. The molecule has 0 amide bonds. The van der Waals surface area contributed by atoms with E-state index in [0.717, 1.165) is 18.4 Å². The minimum atomic E-state index is -4.78. The topological polar surface area (TPSA) is 111 Å². The third-order valence-corrected chi connectivity index (χ3v) is 5.46. The van der Waals surface area contributed by atoms with E-state index in [1.54, 1.807) is 30.0 Å². The molecule has 8 nitrogen and oxygen atoms in total. The Morgan fingerprint density at radius 3 is 2.45 bits per heavy atom. The van der Waals surface area contributed by atoms with E-state index in [1.807, 2.05) is 20.8 Å². The number of carbonyl (C=O) groups is 1. The van der Waals surface area contributed by atoms with E-state index >= 15 is 0 Å². The second-order valence-corrected chi connectivity index (χ2v) is 9.45. The number of methoxy groups -OCH3 is 1. The van der Waals surface area contributed by atoms with Crippen molar-refractivity contribution in [3.05, 3.63) is 29.5 Å². The second kappa shape index (κ2) is 7.94. The number of rotatable bonds is 6. The molecule has 1 heterocycles. The van der Waals surface area contributed by atoms with Gasteiger partial charge >= 0.3 is 7.82 Å². The lowest BCUT2D eigenvalue weighted by Gasteiger charge is -2.16. The summed E-state index contributed by atoms with van der Waals surface area (Å²) in [5.74, 6) is 0.703. The van der Waals surface area contributed by atoms with Crippen LogP contribution in [0.15, 0.2) is 23.8 Å². The third-order valence-electron chi connectivity index (χ3n) is 5.04. The van der Waals surface area contributed by atoms with Gasteiger partial charge in [0, 0.05) is 16.9 Å². The van der Waals surface area contributed by atoms with Crippen molar-refractivity contribution >= 4 is 30.3 Å². The molecule has 1 aliphatic rings. The van der Waals surface area contributed by atoms with Gasteiger partial charge in [0.2, 0.25) is 0 Å². The van der Waals surface area contributed by atoms with Crippen LogP contribution in [-0.4, -0.2) is 32.5 Å². The normalized spacial score (nSPS) is 15.0. The van der Waals surface area contributed by atoms with Crippen LogP contribution in [-0.2, 0) is 20.4 Å². The molecule has 1 fully saturated rings. The zero-order chi connectivity index (χ0) is 21.4. The molecular weight excluding hydrogens is 395 g/mol. The number of benzene rings is 1. The van der Waals surface area contributed by atoms with Gasteiger partial charge in [-0.25, -0.2) is 4.57 Å². The van der Waals surface area contributed by atoms with Crippen LogP contribution in [0.4, 0.5) is 0 Å². The number of Topliss-reactive ketones (excluding diaryl/α,β-unsaturated/α-hetero) is 1. The van der Waals surface area contributed by atoms with Gasteiger partial charge in [-0.1, -0.05) is 20.8 Å². The Bertz CT molecular complexity index is 1000. The average molecular weight is 422 g/mol. The highest BCUT2D eigenvalue weighted by atomic mass is 31.2. The molecule has 1 saturated carbocycles. The first-order valence-corrected chi connectivity index (χ1v) is 11.1. The number of carbonyl (C=O) groups excluding carboxylic acids is 1. The number of hydrogen-bond acceptors (Lipinski definition) is 5. The monoisotopic (exact) mass is 422 g/mol. The molecule has 0 bridgehead atoms. The van der Waals surface area contributed by atoms with Crippen molar-refractivity contribution in [2.45, 2.75) is 53.0 Å². The van der Waals surface area contributed by atoms with E-state index in [1.165, 1.54) is 0 Å². The molecule has 0 saturated heterocycles. The minimum absolute atomic E-state index is 0.0118. The fraction of sp³-hybridized carbons (Fsp3) is 0.500. The maximum Gasteiger partial charge on any atom is 0.524 e. The quantitative estimate of drug-likeness (QED) is 0.534. The number of fused-ring (bicyclic) bond motifs is 1. The van der Waals surface area contributed by atoms with Gasteiger partial charge in [-0.15, -0.1) is 0 Å². The van der Waals surface area contributed by atoms with Crippen molar-refractivity contribution in [1.82, 2.24) is 9.78 Å². The van der Waals surface area contributed by atoms with Crippen molar-refractivity contribution in [2.24, 2.45) is 5.41 Å². The number of ether oxygens (including phenoxy) is 1. The van der Waals surface area contributed by atoms with E-state index < -0.39 is 13.2 Å². The Hall–Kier alpha value is -2.15. The number of ketones is 1. The molecule has 3 rings (SSSR count). The molecule has 0 aliphatic heterocycles. The van der Waals surface area contributed by atoms with Crippen LogP contribution < -0.4 is 4.74 Å². The molecule has 1 aromatic carbocycles. The first kappa shape index (κ1) is 21.6. The van der Waals surface area contributed by atoms with Gasteiger partial charge in [0.25, 0.3) is 0 Å². The van der Waals surface area contributed by atoms with E-state index in [2.05, 4.69) is 5.10 Å². The van der Waals surface area contributed by atoms with Crippen molar-refractivity contribution in [3.63, 3.8) is 0 Å². The number of aromatic nitrogens is 2. The molecule has 29 heavy (non-hydrogen) atoms. The summed E-state index contributed by atoms with van der Waals surface area (Å²) in [6.07, 6.45) is 3.25. The van der Waals surface area contributed by atoms with Crippen molar-refractivity contribution in [2.75, 3.05) is 7.11 Å². The highest BCUT2D eigenvalue weighted by Gasteiger charge is 2.29. The summed E-state index contributed by atoms with van der Waals surface area (Å²) in [6, 6.07) is 5.28. The number of phosphoric ester groups is 1. The number of allylic oxidation sites excluding steroid dienone is 1. The van der Waals surface area contributed by atoms with Gasteiger partial charge < -0.3 is 9.26 Å². The van der Waals surface area contributed by atoms with Gasteiger partial charge in [0.15, 0.2) is 11.5 Å². The SMILES string of the molecule is COc1ccc2c(C(OP(=O)(O)O)=C3CCCC3)nn(CC(=O)C(C)(C)C)c2c1. The fourth-order valence-corrected chi connectivity index (χ4v) is 3.82. The first-order chi connectivity index (χ1) is 13.5. The maximum atomic E-state index is 12.6. The summed E-state index contributed by atoms with van der Waals surface area (Å²) in [6.45, 7) is 5.55. The molecule has 0 radical (unpaired) electrons. The highest BCUT2D eigenvalue weighted by Crippen LogP contribution is 2.46. The molecular formula is C20H27N2O6P. The largest absolute Gasteiger partial charge is 0.524 e. The van der Waals surface area contributed by atoms with Gasteiger partial charge in [0.05, 0.1) is 12.6 Å². The summed E-state index contributed by atoms with van der Waals surface area (Å²) in [4.78, 5) is 31.6. The molecule has 2 N–H and O–H groups in total. The van der Waals surface area contributed by atoms with Crippen LogP contribution in [0.5, 0.6) is 5.75 Å². The lowest BCUT2D eigenvalue weighted by Crippen LogP contribution is -2.25. The van der Waals surface area contributed by atoms with Crippen LogP contribution in [0, 0.1) is 5.41 Å². The summed E-state index contributed by atoms with van der Waals surface area (Å²) in [5, 5.41) is 5.21. The van der Waals surface area contributed by atoms with Gasteiger partial charge in [-0.3, -0.25) is 19.3 Å². The summed E-state index contributed by atoms with van der Waals surface area (Å²) < 4.78 is 23.6. The maximum absolute atomic E-state index is 12.6. The fourth-order valence-electron chi connectivity index (χ4n) is 3.37. The lowest BCUT2D eigenvalue weighted by molar-refractivity contribution is -0.127. The predicted octanol–water partition coefficient (Wildman–Crippen LogP) is 4.05. The van der Waals surface area contributed by atoms with Crippen molar-refractivity contribution in [3.8, 4) is 5.75 Å². The summed E-state index contributed by atoms with van der Waals surface area (Å²) in [5.41, 5.74) is 1.26. The smallest absolute Gasteiger partial charge is 0.497 e. The van der Waals surface area contributed by atoms with E-state index in [9.17, 15) is 19.1 Å². The number of nitrogens with zero attached hydrogens (tertiary/aromatic N) is 2. The highest BCUT2D eigenvalue weighted by molar-refractivity contribution is 7.46. The Labute approximate surface area is 169 Å². The molecule has 0 unspecified atom stereocenters. The zero-order valence-corrected chi connectivity index (χ0v) is 18.0. The van der Waals surface area contributed by atoms with Crippen LogP contribution in [0.1, 0.15) is 52.1 Å². The van der Waals surface area contributed by atoms with E-state index in [-0.39, 0.29) is 18.1 Å². The first-order valence-electron chi connectivity index (χ1n) is 9.55. The van der Waals surface area contributed by atoms with Crippen LogP contribution in [0.3, 0.4) is 0 Å². The van der Waals surface area contributed by atoms with Gasteiger partial charge in [-0.2, -0.15) is 5.10 Å². The Kier molecular flexibility index (Phi) is 5.90. The molecule has 0 atom stereocenters. The van der Waals surface area contributed by atoms with Crippen molar-refractivity contribution in [1.29, 1.82) is 0 Å². The molecule has 1 aromatic heterocycles. The van der Waals surface area contributed by atoms with Crippen LogP contribution >= 0.6 is 7.82 Å². The van der Waals surface area contributed by atoms with Gasteiger partial charge in [-0.05, 0) is 43.4 Å². The lowest BCUT2D eigenvalue weighted by atomic mass is 9.91. The minimum Gasteiger partial charge on any atom is -0.497 e. The second-order valence-electron chi connectivity index (χ2n) is 8.28. The number of phosphoric acid groups is 1. The molecule has 9 heteroatoms. The Morgan fingerprint density at radius 2 is 1.90 bits per heavy atom. The Balaban J connectivity index is 2.20. The predicted molar refractivity (Wildman–Crippen MR) is 109 cm³/mol. The summed E-state index contributed by atoms with van der Waals surface area (Å²) >= 11 is 0. The van der Waals surface area contributed by atoms with Crippen LogP contribution in [0.25, 0.3) is 16.7 Å².